The second-order valence-electron chi connectivity index (χ2n) is 3.77. The zero-order valence-corrected chi connectivity index (χ0v) is 9.67. The predicted octanol–water partition coefficient (Wildman–Crippen LogP) is 2.30. The van der Waals surface area contributed by atoms with Gasteiger partial charge in [-0.25, -0.2) is 0 Å². The summed E-state index contributed by atoms with van der Waals surface area (Å²) in [6, 6.07) is 4.13. The van der Waals surface area contributed by atoms with Crippen molar-refractivity contribution in [3.63, 3.8) is 0 Å². The van der Waals surface area contributed by atoms with Crippen molar-refractivity contribution in [2.75, 3.05) is 13.2 Å². The first kappa shape index (κ1) is 9.99. The molecule has 1 aromatic carbocycles. The molecule has 1 aliphatic rings. The highest BCUT2D eigenvalue weighted by atomic mass is 79.9. The first-order valence-electron chi connectivity index (χ1n) is 4.73. The Hall–Kier alpha value is -0.540. The lowest BCUT2D eigenvalue weighted by Gasteiger charge is -2.25. The Balaban J connectivity index is 2.37. The number of benzene rings is 1. The van der Waals surface area contributed by atoms with Crippen LogP contribution in [-0.4, -0.2) is 18.3 Å². The molecule has 0 saturated heterocycles. The van der Waals surface area contributed by atoms with Crippen LogP contribution in [0.2, 0.25) is 0 Å². The van der Waals surface area contributed by atoms with Gasteiger partial charge in [0.1, 0.15) is 5.75 Å². The SMILES string of the molecule is Cc1cc(Br)cc2c1OCC(CO)C2. The molecular formula is C11H13BrO2. The van der Waals surface area contributed by atoms with Crippen LogP contribution in [0.5, 0.6) is 5.75 Å². The molecule has 14 heavy (non-hydrogen) atoms. The number of fused-ring (bicyclic) bond motifs is 1. The van der Waals surface area contributed by atoms with Crippen molar-refractivity contribution in [1.29, 1.82) is 0 Å². The highest BCUT2D eigenvalue weighted by Gasteiger charge is 2.20. The van der Waals surface area contributed by atoms with Gasteiger partial charge in [0.15, 0.2) is 0 Å². The normalized spacial score (nSPS) is 20.1. The summed E-state index contributed by atoms with van der Waals surface area (Å²) in [6.45, 7) is 2.87. The fourth-order valence-corrected chi connectivity index (χ4v) is 2.47. The van der Waals surface area contributed by atoms with Gasteiger partial charge in [0.25, 0.3) is 0 Å². The highest BCUT2D eigenvalue weighted by Crippen LogP contribution is 2.33. The summed E-state index contributed by atoms with van der Waals surface area (Å²) in [7, 11) is 0. The second-order valence-corrected chi connectivity index (χ2v) is 4.69. The molecule has 0 aliphatic carbocycles. The average Bonchev–Trinajstić information content (AvgIpc) is 2.16. The number of aliphatic hydroxyl groups excluding tert-OH is 1. The lowest BCUT2D eigenvalue weighted by Crippen LogP contribution is -2.24. The molecule has 0 saturated carbocycles. The Labute approximate surface area is 92.0 Å². The summed E-state index contributed by atoms with van der Waals surface area (Å²) in [5.41, 5.74) is 2.35. The van der Waals surface area contributed by atoms with Crippen LogP contribution >= 0.6 is 15.9 Å². The fraction of sp³-hybridized carbons (Fsp3) is 0.455. The smallest absolute Gasteiger partial charge is 0.125 e. The monoisotopic (exact) mass is 256 g/mol. The largest absolute Gasteiger partial charge is 0.493 e. The van der Waals surface area contributed by atoms with Crippen LogP contribution in [0.1, 0.15) is 11.1 Å². The number of ether oxygens (including phenoxy) is 1. The number of aliphatic hydroxyl groups is 1. The minimum absolute atomic E-state index is 0.199. The minimum atomic E-state index is 0.199. The van der Waals surface area contributed by atoms with Gasteiger partial charge in [0.2, 0.25) is 0 Å². The molecule has 1 N–H and O–H groups in total. The third kappa shape index (κ3) is 1.79. The van der Waals surface area contributed by atoms with Gasteiger partial charge in [0.05, 0.1) is 6.61 Å². The van der Waals surface area contributed by atoms with E-state index in [9.17, 15) is 0 Å². The zero-order chi connectivity index (χ0) is 10.1. The quantitative estimate of drug-likeness (QED) is 0.836. The van der Waals surface area contributed by atoms with Gasteiger partial charge in [-0.15, -0.1) is 0 Å². The number of hydrogen-bond donors (Lipinski definition) is 1. The standard InChI is InChI=1S/C11H13BrO2/c1-7-2-10(12)4-9-3-8(5-13)6-14-11(7)9/h2,4,8,13H,3,5-6H2,1H3. The molecule has 76 valence electrons. The van der Waals surface area contributed by atoms with E-state index in [4.69, 9.17) is 9.84 Å². The van der Waals surface area contributed by atoms with E-state index in [0.29, 0.717) is 6.61 Å². The summed E-state index contributed by atoms with van der Waals surface area (Å²) in [5.74, 6) is 1.24. The van der Waals surface area contributed by atoms with Crippen molar-refractivity contribution in [3.05, 3.63) is 27.7 Å². The van der Waals surface area contributed by atoms with Crippen molar-refractivity contribution >= 4 is 15.9 Å². The van der Waals surface area contributed by atoms with Gasteiger partial charge < -0.3 is 9.84 Å². The molecule has 0 spiro atoms. The first-order valence-corrected chi connectivity index (χ1v) is 5.52. The van der Waals surface area contributed by atoms with Crippen molar-refractivity contribution in [2.24, 2.45) is 5.92 Å². The van der Waals surface area contributed by atoms with E-state index in [-0.39, 0.29) is 12.5 Å². The predicted molar refractivity (Wildman–Crippen MR) is 58.7 cm³/mol. The number of rotatable bonds is 1. The van der Waals surface area contributed by atoms with Crippen LogP contribution in [0.25, 0.3) is 0 Å². The van der Waals surface area contributed by atoms with Gasteiger partial charge in [-0.2, -0.15) is 0 Å². The Morgan fingerprint density at radius 2 is 2.36 bits per heavy atom. The highest BCUT2D eigenvalue weighted by molar-refractivity contribution is 9.10. The number of aryl methyl sites for hydroxylation is 1. The third-order valence-corrected chi connectivity index (χ3v) is 3.00. The molecular weight excluding hydrogens is 244 g/mol. The number of halogens is 1. The fourth-order valence-electron chi connectivity index (χ4n) is 1.85. The van der Waals surface area contributed by atoms with Gasteiger partial charge in [-0.3, -0.25) is 0 Å². The Kier molecular flexibility index (Phi) is 2.79. The van der Waals surface area contributed by atoms with Crippen LogP contribution in [0.4, 0.5) is 0 Å². The third-order valence-electron chi connectivity index (χ3n) is 2.55. The topological polar surface area (TPSA) is 29.5 Å². The maximum absolute atomic E-state index is 9.06. The average molecular weight is 257 g/mol. The zero-order valence-electron chi connectivity index (χ0n) is 8.09. The lowest BCUT2D eigenvalue weighted by molar-refractivity contribution is 0.146. The van der Waals surface area contributed by atoms with Crippen LogP contribution < -0.4 is 4.74 Å². The van der Waals surface area contributed by atoms with Crippen LogP contribution in [0.15, 0.2) is 16.6 Å². The molecule has 0 amide bonds. The van der Waals surface area contributed by atoms with Crippen LogP contribution in [0, 0.1) is 12.8 Å². The molecule has 1 unspecified atom stereocenters. The Morgan fingerprint density at radius 1 is 1.57 bits per heavy atom. The molecule has 2 rings (SSSR count). The molecule has 1 aromatic rings. The van der Waals surface area contributed by atoms with Gasteiger partial charge in [0, 0.05) is 17.0 Å². The van der Waals surface area contributed by atoms with E-state index in [1.54, 1.807) is 0 Å². The molecule has 0 fully saturated rings. The van der Waals surface area contributed by atoms with E-state index in [1.807, 2.05) is 6.92 Å². The molecule has 1 heterocycles. The van der Waals surface area contributed by atoms with Crippen molar-refractivity contribution in [3.8, 4) is 5.75 Å². The van der Waals surface area contributed by atoms with Gasteiger partial charge in [-0.1, -0.05) is 15.9 Å². The summed E-state index contributed by atoms with van der Waals surface area (Å²) in [4.78, 5) is 0. The maximum atomic E-state index is 9.06. The van der Waals surface area contributed by atoms with E-state index >= 15 is 0 Å². The molecule has 1 atom stereocenters. The van der Waals surface area contributed by atoms with E-state index < -0.39 is 0 Å². The van der Waals surface area contributed by atoms with Crippen molar-refractivity contribution in [1.82, 2.24) is 0 Å². The Bertz CT molecular complexity index is 349. The second kappa shape index (κ2) is 3.91. The van der Waals surface area contributed by atoms with Gasteiger partial charge in [-0.05, 0) is 36.6 Å². The molecule has 0 radical (unpaired) electrons. The molecule has 1 aliphatic heterocycles. The Morgan fingerprint density at radius 3 is 3.07 bits per heavy atom. The van der Waals surface area contributed by atoms with Crippen LogP contribution in [-0.2, 0) is 6.42 Å². The summed E-state index contributed by atoms with van der Waals surface area (Å²) < 4.78 is 6.71. The summed E-state index contributed by atoms with van der Waals surface area (Å²) in [5, 5.41) is 9.06. The number of hydrogen-bond acceptors (Lipinski definition) is 2. The van der Waals surface area contributed by atoms with E-state index in [2.05, 4.69) is 28.1 Å². The van der Waals surface area contributed by atoms with Crippen molar-refractivity contribution in [2.45, 2.75) is 13.3 Å². The van der Waals surface area contributed by atoms with E-state index in [0.717, 1.165) is 22.2 Å². The molecule has 0 bridgehead atoms. The summed E-state index contributed by atoms with van der Waals surface area (Å²) >= 11 is 3.47. The summed E-state index contributed by atoms with van der Waals surface area (Å²) in [6.07, 6.45) is 0.909. The lowest BCUT2D eigenvalue weighted by atomic mass is 9.96. The first-order chi connectivity index (χ1) is 6.70. The van der Waals surface area contributed by atoms with E-state index in [1.165, 1.54) is 5.56 Å². The van der Waals surface area contributed by atoms with Gasteiger partial charge >= 0.3 is 0 Å². The van der Waals surface area contributed by atoms with Crippen molar-refractivity contribution < 1.29 is 9.84 Å². The molecule has 3 heteroatoms. The molecule has 0 aromatic heterocycles. The molecule has 2 nitrogen and oxygen atoms in total. The minimum Gasteiger partial charge on any atom is -0.493 e. The maximum Gasteiger partial charge on any atom is 0.125 e. The van der Waals surface area contributed by atoms with Crippen LogP contribution in [0.3, 0.4) is 0 Å².